The van der Waals surface area contributed by atoms with E-state index in [0.717, 1.165) is 29.1 Å². The molecule has 6 atom stereocenters. The van der Waals surface area contributed by atoms with Gasteiger partial charge in [0, 0.05) is 17.8 Å². The van der Waals surface area contributed by atoms with Crippen molar-refractivity contribution in [1.29, 1.82) is 0 Å². The highest BCUT2D eigenvalue weighted by Crippen LogP contribution is 2.47. The molecule has 6 aromatic rings. The first-order chi connectivity index (χ1) is 30.3. The highest BCUT2D eigenvalue weighted by molar-refractivity contribution is 7.16. The number of fused-ring (bicyclic) bond motifs is 2. The van der Waals surface area contributed by atoms with Crippen LogP contribution < -0.4 is 32.3 Å². The lowest BCUT2D eigenvalue weighted by Gasteiger charge is -2.30. The van der Waals surface area contributed by atoms with E-state index in [4.69, 9.17) is 35.2 Å². The SMILES string of the molecule is C.CC[C@H]1OC(OC(C)=O)[C@H](OC(=O)c2ccccc2)C1(C)C.CC[C@H]1O[C@@H](n2c(=O)sc3c(=O)[nH]c(N)nc32)[C@H](OC(=O)c2ccccc2)C1(C)C.Nc1nc2[nH]c(=O)sc2c(=O)[nH]1. The fraction of sp³-hybridized carbons (Fsp3) is 0.419. The number of carbonyl (C=O) groups excluding carboxylic acids is 3. The highest BCUT2D eigenvalue weighted by atomic mass is 32.1. The van der Waals surface area contributed by atoms with E-state index in [-0.39, 0.29) is 62.7 Å². The summed E-state index contributed by atoms with van der Waals surface area (Å²) >= 11 is 1.57. The first kappa shape index (κ1) is 49.5. The third-order valence-corrected chi connectivity index (χ3v) is 12.6. The number of thiazole rings is 2. The number of anilines is 2. The number of carbonyl (C=O) groups is 3. The summed E-state index contributed by atoms with van der Waals surface area (Å²) in [5.74, 6) is -1.53. The van der Waals surface area contributed by atoms with Crippen molar-refractivity contribution < 1.29 is 38.1 Å². The molecule has 348 valence electrons. The van der Waals surface area contributed by atoms with Gasteiger partial charge in [0.05, 0.1) is 23.3 Å². The Hall–Kier alpha value is -6.49. The summed E-state index contributed by atoms with van der Waals surface area (Å²) < 4.78 is 30.3. The van der Waals surface area contributed by atoms with Crippen LogP contribution in [0.25, 0.3) is 20.7 Å². The molecule has 8 rings (SSSR count). The molecule has 4 aromatic heterocycles. The van der Waals surface area contributed by atoms with Gasteiger partial charge in [-0.2, -0.15) is 9.97 Å². The van der Waals surface area contributed by atoms with Crippen LogP contribution in [0.4, 0.5) is 11.9 Å². The summed E-state index contributed by atoms with van der Waals surface area (Å²) in [6, 6.07) is 17.3. The minimum absolute atomic E-state index is 0. The van der Waals surface area contributed by atoms with Gasteiger partial charge < -0.3 is 35.2 Å². The van der Waals surface area contributed by atoms with E-state index < -0.39 is 63.9 Å². The van der Waals surface area contributed by atoms with Gasteiger partial charge in [0.2, 0.25) is 18.2 Å². The van der Waals surface area contributed by atoms with Crippen LogP contribution >= 0.6 is 22.7 Å². The fourth-order valence-electron chi connectivity index (χ4n) is 7.58. The maximum Gasteiger partial charge on any atom is 0.338 e. The molecule has 2 fully saturated rings. The molecule has 7 N–H and O–H groups in total. The van der Waals surface area contributed by atoms with Gasteiger partial charge in [0.1, 0.15) is 9.40 Å². The topological polar surface area (TPSA) is 296 Å². The molecule has 20 nitrogen and oxygen atoms in total. The lowest BCUT2D eigenvalue weighted by molar-refractivity contribution is -0.186. The van der Waals surface area contributed by atoms with E-state index in [1.54, 1.807) is 54.6 Å². The molecule has 0 saturated carbocycles. The van der Waals surface area contributed by atoms with Crippen molar-refractivity contribution in [2.75, 3.05) is 11.5 Å². The van der Waals surface area contributed by atoms with Crippen molar-refractivity contribution in [2.45, 2.75) is 106 Å². The second-order valence-corrected chi connectivity index (χ2v) is 17.9. The maximum atomic E-state index is 12.8. The van der Waals surface area contributed by atoms with Crippen LogP contribution in [0.2, 0.25) is 0 Å². The summed E-state index contributed by atoms with van der Waals surface area (Å²) in [6.07, 6.45) is -2.28. The molecular formula is C43H52N8O12S2. The maximum absolute atomic E-state index is 12.8. The van der Waals surface area contributed by atoms with Gasteiger partial charge in [-0.15, -0.1) is 0 Å². The lowest BCUT2D eigenvalue weighted by Crippen LogP contribution is -2.40. The number of nitrogens with one attached hydrogen (secondary N) is 3. The number of nitrogens with two attached hydrogens (primary N) is 2. The fourth-order valence-corrected chi connectivity index (χ4v) is 9.09. The number of benzene rings is 2. The Morgan fingerprint density at radius 2 is 1.20 bits per heavy atom. The Labute approximate surface area is 379 Å². The minimum Gasteiger partial charge on any atom is -0.453 e. The molecule has 0 aliphatic carbocycles. The molecule has 6 heterocycles. The second-order valence-electron chi connectivity index (χ2n) is 15.9. The number of H-pyrrole nitrogens is 3. The number of aromatic amines is 3. The molecule has 2 aliphatic rings. The number of ether oxygens (including phenoxy) is 5. The summed E-state index contributed by atoms with van der Waals surface area (Å²) in [4.78, 5) is 97.5. The number of nitrogens with zero attached hydrogens (tertiary/aromatic N) is 3. The van der Waals surface area contributed by atoms with Gasteiger partial charge in [-0.25, -0.2) is 9.59 Å². The number of esters is 3. The van der Waals surface area contributed by atoms with Crippen molar-refractivity contribution >= 4 is 73.2 Å². The summed E-state index contributed by atoms with van der Waals surface area (Å²) in [5, 5.41) is 0. The van der Waals surface area contributed by atoms with E-state index in [0.29, 0.717) is 17.5 Å². The molecule has 2 aliphatic heterocycles. The number of aromatic nitrogens is 6. The third kappa shape index (κ3) is 10.6. The Balaban J connectivity index is 0.000000198. The predicted molar refractivity (Wildman–Crippen MR) is 245 cm³/mol. The predicted octanol–water partition coefficient (Wildman–Crippen LogP) is 5.12. The van der Waals surface area contributed by atoms with Gasteiger partial charge in [0.25, 0.3) is 11.1 Å². The zero-order valence-corrected chi connectivity index (χ0v) is 37.5. The van der Waals surface area contributed by atoms with Crippen LogP contribution in [0.5, 0.6) is 0 Å². The molecule has 2 saturated heterocycles. The second kappa shape index (κ2) is 20.1. The van der Waals surface area contributed by atoms with Crippen molar-refractivity contribution in [1.82, 2.24) is 29.5 Å². The lowest BCUT2D eigenvalue weighted by atomic mass is 9.81. The average molecular weight is 937 g/mol. The van der Waals surface area contributed by atoms with Crippen LogP contribution in [0.3, 0.4) is 0 Å². The number of hydrogen-bond acceptors (Lipinski definition) is 18. The van der Waals surface area contributed by atoms with E-state index in [2.05, 4.69) is 24.9 Å². The van der Waals surface area contributed by atoms with Gasteiger partial charge in [-0.1, -0.05) is 108 Å². The molecule has 1 unspecified atom stereocenters. The Kier molecular flexibility index (Phi) is 15.3. The van der Waals surface area contributed by atoms with Gasteiger partial charge in [-0.3, -0.25) is 43.5 Å². The summed E-state index contributed by atoms with van der Waals surface area (Å²) in [6.45, 7) is 13.0. The van der Waals surface area contributed by atoms with Gasteiger partial charge in [-0.05, 0) is 37.1 Å². The van der Waals surface area contributed by atoms with Crippen LogP contribution in [0.1, 0.15) is 95.7 Å². The molecule has 22 heteroatoms. The van der Waals surface area contributed by atoms with E-state index >= 15 is 0 Å². The third-order valence-electron chi connectivity index (χ3n) is 10.8. The van der Waals surface area contributed by atoms with Crippen molar-refractivity contribution in [3.05, 3.63) is 112 Å². The van der Waals surface area contributed by atoms with Crippen molar-refractivity contribution in [3.8, 4) is 0 Å². The van der Waals surface area contributed by atoms with Crippen LogP contribution in [0.15, 0.2) is 79.8 Å². The van der Waals surface area contributed by atoms with E-state index in [1.807, 2.05) is 47.6 Å². The van der Waals surface area contributed by atoms with Gasteiger partial charge >= 0.3 is 27.7 Å². The summed E-state index contributed by atoms with van der Waals surface area (Å²) in [7, 11) is 0. The van der Waals surface area contributed by atoms with E-state index in [9.17, 15) is 33.6 Å². The first-order valence-electron chi connectivity index (χ1n) is 20.1. The number of hydrogen-bond donors (Lipinski definition) is 5. The average Bonchev–Trinajstić information content (AvgIpc) is 3.93. The molecule has 2 aromatic carbocycles. The molecule has 0 radical (unpaired) electrons. The van der Waals surface area contributed by atoms with Gasteiger partial charge in [0.15, 0.2) is 29.7 Å². The normalized spacial score (nSPS) is 21.5. The summed E-state index contributed by atoms with van der Waals surface area (Å²) in [5.41, 5.74) is 10.2. The zero-order valence-electron chi connectivity index (χ0n) is 35.9. The molecule has 0 amide bonds. The van der Waals surface area contributed by atoms with Crippen LogP contribution in [-0.4, -0.2) is 78.1 Å². The quantitative estimate of drug-likeness (QED) is 0.0978. The molecule has 65 heavy (non-hydrogen) atoms. The Morgan fingerprint density at radius 1 is 0.708 bits per heavy atom. The molecule has 0 bridgehead atoms. The largest absolute Gasteiger partial charge is 0.453 e. The Bertz CT molecular complexity index is 2890. The van der Waals surface area contributed by atoms with Crippen LogP contribution in [0, 0.1) is 10.8 Å². The van der Waals surface area contributed by atoms with E-state index in [1.165, 1.54) is 11.5 Å². The zero-order chi connectivity index (χ0) is 46.7. The molecule has 0 spiro atoms. The Morgan fingerprint density at radius 3 is 1.74 bits per heavy atom. The monoisotopic (exact) mass is 936 g/mol. The van der Waals surface area contributed by atoms with Crippen LogP contribution in [-0.2, 0) is 28.5 Å². The van der Waals surface area contributed by atoms with Crippen molar-refractivity contribution in [2.24, 2.45) is 10.8 Å². The number of nitrogen functional groups attached to an aromatic ring is 2. The van der Waals surface area contributed by atoms with Crippen molar-refractivity contribution in [3.63, 3.8) is 0 Å². The highest BCUT2D eigenvalue weighted by Gasteiger charge is 2.55. The molecular weight excluding hydrogens is 885 g/mol. The standard InChI is InChI=1S/C20H22N4O5S.C17H22O5.C5H4N4O2S.CH4/c1-4-11-20(2,3)13(29-17(26)10-8-6-5-7-9-10)16(28-11)24-14-12(30-19(24)27)15(25)23-18(21)22-14;1-5-13-17(3,4)14(16(21-13)20-11(2)18)22-15(19)12-9-7-6-8-10-12;6-4-7-2-1(3(10)9-4)12-5(11)8-2;/h5-9,11,13,16H,4H2,1-3H3,(H3,21,22,23,25);6-10,13-14,16H,5H2,1-4H3;(H4,6,7,8,9,10,11);1H4/t11-,13+,16-;13-,14+,16?;;/m11../s1. The first-order valence-corrected chi connectivity index (χ1v) is 21.7. The smallest absolute Gasteiger partial charge is 0.338 e. The number of rotatable bonds is 8. The minimum atomic E-state index is -0.937.